The number of methoxy groups -OCH3 is 1. The topological polar surface area (TPSA) is 75.6 Å². The van der Waals surface area contributed by atoms with Crippen LogP contribution in [0.4, 0.5) is 5.69 Å². The van der Waals surface area contributed by atoms with Crippen LogP contribution in [0.5, 0.6) is 5.75 Å². The molecule has 0 radical (unpaired) electrons. The van der Waals surface area contributed by atoms with E-state index in [-0.39, 0.29) is 22.2 Å². The van der Waals surface area contributed by atoms with E-state index in [0.717, 1.165) is 5.57 Å². The van der Waals surface area contributed by atoms with E-state index in [1.165, 1.54) is 25.3 Å². The van der Waals surface area contributed by atoms with Crippen LogP contribution in [0.2, 0.25) is 5.02 Å². The summed E-state index contributed by atoms with van der Waals surface area (Å²) in [6.45, 7) is 3.57. The van der Waals surface area contributed by atoms with Gasteiger partial charge in [0.25, 0.3) is 0 Å². The van der Waals surface area contributed by atoms with Crippen molar-refractivity contribution < 1.29 is 19.4 Å². The monoisotopic (exact) mass is 283 g/mol. The quantitative estimate of drug-likeness (QED) is 0.833. The molecular weight excluding hydrogens is 270 g/mol. The van der Waals surface area contributed by atoms with Crippen molar-refractivity contribution in [1.82, 2.24) is 0 Å². The van der Waals surface area contributed by atoms with Gasteiger partial charge in [0, 0.05) is 12.1 Å². The number of carbonyl (C=O) groups is 2. The number of anilines is 1. The fourth-order valence-electron chi connectivity index (χ4n) is 1.42. The van der Waals surface area contributed by atoms with Gasteiger partial charge in [-0.05, 0) is 19.9 Å². The molecule has 5 nitrogen and oxygen atoms in total. The maximum atomic E-state index is 11.6. The van der Waals surface area contributed by atoms with Gasteiger partial charge in [0.2, 0.25) is 5.91 Å². The second kappa shape index (κ2) is 6.24. The highest BCUT2D eigenvalue weighted by atomic mass is 35.5. The predicted octanol–water partition coefficient (Wildman–Crippen LogP) is 2.95. The third-order valence-electron chi connectivity index (χ3n) is 2.20. The molecule has 0 saturated carbocycles. The lowest BCUT2D eigenvalue weighted by Crippen LogP contribution is -2.10. The number of amides is 1. The second-order valence-electron chi connectivity index (χ2n) is 4.05. The number of benzene rings is 1. The number of carbonyl (C=O) groups excluding carboxylic acids is 1. The van der Waals surface area contributed by atoms with Crippen LogP contribution >= 0.6 is 11.6 Å². The first-order chi connectivity index (χ1) is 8.85. The number of rotatable bonds is 4. The molecule has 0 spiro atoms. The zero-order valence-corrected chi connectivity index (χ0v) is 11.5. The fourth-order valence-corrected chi connectivity index (χ4v) is 1.63. The molecule has 0 aromatic heterocycles. The Balaban J connectivity index is 3.13. The smallest absolute Gasteiger partial charge is 0.339 e. The van der Waals surface area contributed by atoms with Crippen LogP contribution in [0.25, 0.3) is 0 Å². The van der Waals surface area contributed by atoms with Crippen LogP contribution in [-0.4, -0.2) is 24.1 Å². The van der Waals surface area contributed by atoms with Crippen molar-refractivity contribution >= 4 is 29.2 Å². The lowest BCUT2D eigenvalue weighted by atomic mass is 10.1. The molecule has 1 aromatic rings. The molecule has 0 saturated heterocycles. The number of nitrogens with one attached hydrogen (secondary N) is 1. The number of hydrogen-bond acceptors (Lipinski definition) is 3. The number of ether oxygens (including phenoxy) is 1. The van der Waals surface area contributed by atoms with Gasteiger partial charge < -0.3 is 15.2 Å². The van der Waals surface area contributed by atoms with E-state index < -0.39 is 5.97 Å². The molecule has 0 unspecified atom stereocenters. The van der Waals surface area contributed by atoms with E-state index in [2.05, 4.69) is 5.32 Å². The van der Waals surface area contributed by atoms with Crippen molar-refractivity contribution in [2.24, 2.45) is 0 Å². The fraction of sp³-hybridized carbons (Fsp3) is 0.231. The first kappa shape index (κ1) is 15.0. The van der Waals surface area contributed by atoms with Crippen molar-refractivity contribution in [3.05, 3.63) is 34.4 Å². The minimum absolute atomic E-state index is 0.0623. The van der Waals surface area contributed by atoms with Crippen LogP contribution in [0.15, 0.2) is 23.8 Å². The van der Waals surface area contributed by atoms with Gasteiger partial charge in [-0.3, -0.25) is 4.79 Å². The van der Waals surface area contributed by atoms with Crippen LogP contribution in [-0.2, 0) is 4.79 Å². The molecule has 0 aliphatic heterocycles. The van der Waals surface area contributed by atoms with Crippen molar-refractivity contribution in [1.29, 1.82) is 0 Å². The Labute approximate surface area is 115 Å². The molecule has 0 fully saturated rings. The maximum absolute atomic E-state index is 11.6. The Bertz CT molecular complexity index is 548. The van der Waals surface area contributed by atoms with Gasteiger partial charge in [-0.1, -0.05) is 17.2 Å². The largest absolute Gasteiger partial charge is 0.496 e. The number of allylic oxidation sites excluding steroid dienone is 1. The molecule has 19 heavy (non-hydrogen) atoms. The minimum atomic E-state index is -1.15. The molecule has 1 rings (SSSR count). The Hall–Kier alpha value is -2.01. The zero-order valence-electron chi connectivity index (χ0n) is 10.8. The van der Waals surface area contributed by atoms with Gasteiger partial charge in [-0.15, -0.1) is 0 Å². The SMILES string of the molecule is COc1cc(NC(=O)C=C(C)C)c(Cl)cc1C(=O)O. The summed E-state index contributed by atoms with van der Waals surface area (Å²) in [5.74, 6) is -1.36. The average molecular weight is 284 g/mol. The molecule has 0 bridgehead atoms. The summed E-state index contributed by atoms with van der Waals surface area (Å²) < 4.78 is 4.96. The Morgan fingerprint density at radius 1 is 1.37 bits per heavy atom. The molecule has 0 atom stereocenters. The number of carboxylic acid groups (broad SMARTS) is 1. The first-order valence-corrected chi connectivity index (χ1v) is 5.79. The molecule has 6 heteroatoms. The predicted molar refractivity (Wildman–Crippen MR) is 73.0 cm³/mol. The molecule has 0 aliphatic carbocycles. The molecule has 102 valence electrons. The minimum Gasteiger partial charge on any atom is -0.496 e. The van der Waals surface area contributed by atoms with E-state index in [0.29, 0.717) is 5.69 Å². The number of halogens is 1. The van der Waals surface area contributed by atoms with Crippen LogP contribution < -0.4 is 10.1 Å². The summed E-state index contributed by atoms with van der Waals surface area (Å²) >= 11 is 5.93. The van der Waals surface area contributed by atoms with E-state index in [9.17, 15) is 9.59 Å². The molecule has 2 N–H and O–H groups in total. The van der Waals surface area contributed by atoms with E-state index in [1.54, 1.807) is 13.8 Å². The Morgan fingerprint density at radius 3 is 2.47 bits per heavy atom. The lowest BCUT2D eigenvalue weighted by molar-refractivity contribution is -0.111. The summed E-state index contributed by atoms with van der Waals surface area (Å²) in [7, 11) is 1.34. The Kier molecular flexibility index (Phi) is 4.94. The summed E-state index contributed by atoms with van der Waals surface area (Å²) in [5.41, 5.74) is 1.07. The highest BCUT2D eigenvalue weighted by Crippen LogP contribution is 2.31. The number of hydrogen-bond donors (Lipinski definition) is 2. The van der Waals surface area contributed by atoms with Gasteiger partial charge in [-0.25, -0.2) is 4.79 Å². The van der Waals surface area contributed by atoms with Gasteiger partial charge in [0.1, 0.15) is 11.3 Å². The van der Waals surface area contributed by atoms with Crippen molar-refractivity contribution in [3.63, 3.8) is 0 Å². The van der Waals surface area contributed by atoms with E-state index in [4.69, 9.17) is 21.4 Å². The van der Waals surface area contributed by atoms with Crippen LogP contribution in [0.1, 0.15) is 24.2 Å². The highest BCUT2D eigenvalue weighted by Gasteiger charge is 2.15. The lowest BCUT2D eigenvalue weighted by Gasteiger charge is -2.10. The third-order valence-corrected chi connectivity index (χ3v) is 2.51. The first-order valence-electron chi connectivity index (χ1n) is 5.42. The second-order valence-corrected chi connectivity index (χ2v) is 4.46. The number of carboxylic acids is 1. The average Bonchev–Trinajstić information content (AvgIpc) is 2.29. The van der Waals surface area contributed by atoms with E-state index >= 15 is 0 Å². The molecule has 0 heterocycles. The van der Waals surface area contributed by atoms with Gasteiger partial charge in [0.05, 0.1) is 17.8 Å². The van der Waals surface area contributed by atoms with Gasteiger partial charge in [-0.2, -0.15) is 0 Å². The maximum Gasteiger partial charge on any atom is 0.339 e. The van der Waals surface area contributed by atoms with Crippen LogP contribution in [0, 0.1) is 0 Å². The molecular formula is C13H14ClNO4. The molecule has 1 aromatic carbocycles. The summed E-state index contributed by atoms with van der Waals surface area (Å²) in [5, 5.41) is 11.7. The standard InChI is InChI=1S/C13H14ClNO4/c1-7(2)4-12(16)15-10-6-11(19-3)8(13(17)18)5-9(10)14/h4-6H,1-3H3,(H,15,16)(H,17,18). The zero-order chi connectivity index (χ0) is 14.6. The van der Waals surface area contributed by atoms with Crippen molar-refractivity contribution in [2.45, 2.75) is 13.8 Å². The third kappa shape index (κ3) is 3.99. The van der Waals surface area contributed by atoms with E-state index in [1.807, 2.05) is 0 Å². The summed E-state index contributed by atoms with van der Waals surface area (Å²) in [6.07, 6.45) is 1.41. The summed E-state index contributed by atoms with van der Waals surface area (Å²) in [4.78, 5) is 22.6. The van der Waals surface area contributed by atoms with Crippen LogP contribution in [0.3, 0.4) is 0 Å². The van der Waals surface area contributed by atoms with Crippen molar-refractivity contribution in [3.8, 4) is 5.75 Å². The van der Waals surface area contributed by atoms with Gasteiger partial charge >= 0.3 is 5.97 Å². The molecule has 0 aliphatic rings. The van der Waals surface area contributed by atoms with Crippen molar-refractivity contribution in [2.75, 3.05) is 12.4 Å². The molecule has 1 amide bonds. The highest BCUT2D eigenvalue weighted by molar-refractivity contribution is 6.34. The summed E-state index contributed by atoms with van der Waals surface area (Å²) in [6, 6.07) is 2.61. The normalized spacial score (nSPS) is 9.68. The van der Waals surface area contributed by atoms with Gasteiger partial charge in [0.15, 0.2) is 0 Å². The Morgan fingerprint density at radius 2 is 2.00 bits per heavy atom. The number of aromatic carboxylic acids is 1.